The highest BCUT2D eigenvalue weighted by Crippen LogP contribution is 2.40. The highest BCUT2D eigenvalue weighted by Gasteiger charge is 2.53. The first-order chi connectivity index (χ1) is 14.0. The third-order valence-corrected chi connectivity index (χ3v) is 36.3. The second kappa shape index (κ2) is 10.1. The number of rotatable bonds is 10. The molecule has 0 bridgehead atoms. The van der Waals surface area contributed by atoms with Gasteiger partial charge in [0.15, 0.2) is 0 Å². The molecule has 1 rings (SSSR count). The minimum absolute atomic E-state index is 0.0735. The fraction of sp³-hybridized carbons (Fsp3) is 0.667. The van der Waals surface area contributed by atoms with Crippen LogP contribution in [0, 0.1) is 0 Å². The summed E-state index contributed by atoms with van der Waals surface area (Å²) in [5.74, 6) is 0. The number of hydrogen-bond acceptors (Lipinski definition) is 4. The molecule has 0 saturated carbocycles. The largest absolute Gasteiger partial charge is 0.174 e. The van der Waals surface area contributed by atoms with Crippen LogP contribution in [0.1, 0.15) is 11.1 Å². The van der Waals surface area contributed by atoms with Gasteiger partial charge in [-0.15, -0.1) is 0 Å². The summed E-state index contributed by atoms with van der Waals surface area (Å²) < 4.78 is -0.147. The molecule has 0 aromatic heterocycles. The third kappa shape index (κ3) is 6.20. The lowest BCUT2D eigenvalue weighted by Gasteiger charge is -2.49. The van der Waals surface area contributed by atoms with E-state index >= 15 is 0 Å². The van der Waals surface area contributed by atoms with Crippen molar-refractivity contribution in [3.63, 3.8) is 0 Å². The molecule has 1 aromatic carbocycles. The van der Waals surface area contributed by atoms with Gasteiger partial charge >= 0.3 is 0 Å². The monoisotopic (exact) mass is 574 g/mol. The van der Waals surface area contributed by atoms with Crippen LogP contribution in [0.2, 0.25) is 78.6 Å². The lowest BCUT2D eigenvalue weighted by atomic mass is 10.0. The maximum atomic E-state index is 6.07. The third-order valence-electron chi connectivity index (χ3n) is 6.90. The average Bonchev–Trinajstić information content (AvgIpc) is 2.57. The van der Waals surface area contributed by atoms with Crippen LogP contribution in [-0.2, 0) is 12.8 Å². The Morgan fingerprint density at radius 1 is 0.562 bits per heavy atom. The van der Waals surface area contributed by atoms with E-state index < -0.39 is 32.3 Å². The van der Waals surface area contributed by atoms with Gasteiger partial charge in [0.1, 0.15) is 0 Å². The molecular weight excluding hydrogens is 529 g/mol. The molecule has 0 aliphatic carbocycles. The van der Waals surface area contributed by atoms with Gasteiger partial charge in [-0.1, -0.05) is 127 Å². The molecule has 0 heterocycles. The summed E-state index contributed by atoms with van der Waals surface area (Å²) >= 11 is 22.8. The molecule has 0 unspecified atom stereocenters. The first kappa shape index (κ1) is 31.0. The van der Waals surface area contributed by atoms with Gasteiger partial charge < -0.3 is 0 Å². The Balaban J connectivity index is 3.13. The summed E-state index contributed by atoms with van der Waals surface area (Å²) in [5.41, 5.74) is 2.57. The Morgan fingerprint density at radius 2 is 0.750 bits per heavy atom. The van der Waals surface area contributed by atoms with Gasteiger partial charge in [-0.05, 0) is 11.1 Å². The zero-order chi connectivity index (χ0) is 25.6. The lowest BCUT2D eigenvalue weighted by Crippen LogP contribution is -2.67. The van der Waals surface area contributed by atoms with Crippen LogP contribution >= 0.6 is 49.7 Å². The molecular formula is C24H46S4Si4. The molecule has 0 aliphatic rings. The lowest BCUT2D eigenvalue weighted by molar-refractivity contribution is 1.21. The van der Waals surface area contributed by atoms with Crippen LogP contribution in [-0.4, -0.2) is 50.0 Å². The molecule has 0 aliphatic heterocycles. The first-order valence-corrected chi connectivity index (χ1v) is 27.3. The predicted molar refractivity (Wildman–Crippen MR) is 176 cm³/mol. The molecule has 0 amide bonds. The normalized spacial score (nSPS) is 14.4. The molecule has 1 aromatic rings. The molecule has 0 N–H and O–H groups in total. The summed E-state index contributed by atoms with van der Waals surface area (Å²) in [6, 6.07) is 8.98. The Labute approximate surface area is 225 Å². The van der Waals surface area contributed by atoms with Crippen molar-refractivity contribution < 1.29 is 0 Å². The minimum Gasteiger partial charge on any atom is -0.174 e. The SMILES string of the molecule is C[Si](C)(C)C(S)(C(=S)Cc1ccc(CC(=S)C(S)([Si](C)(C)C)[Si](C)(C)C)cc1)[Si](C)(C)C. The van der Waals surface area contributed by atoms with E-state index in [1.165, 1.54) is 11.1 Å². The maximum absolute atomic E-state index is 6.07. The van der Waals surface area contributed by atoms with E-state index in [4.69, 9.17) is 49.7 Å². The van der Waals surface area contributed by atoms with E-state index in [9.17, 15) is 0 Å². The second-order valence-corrected chi connectivity index (χ2v) is 39.4. The van der Waals surface area contributed by atoms with Crippen LogP contribution in [0.5, 0.6) is 0 Å². The quantitative estimate of drug-likeness (QED) is 0.164. The Hall–Kier alpha value is 0.968. The smallest absolute Gasteiger partial charge is 0.0649 e. The van der Waals surface area contributed by atoms with E-state index in [1.54, 1.807) is 0 Å². The molecule has 8 heteroatoms. The first-order valence-electron chi connectivity index (χ1n) is 11.6. The Bertz CT molecular complexity index is 736. The van der Waals surface area contributed by atoms with Crippen molar-refractivity contribution >= 4 is 91.7 Å². The van der Waals surface area contributed by atoms with E-state index in [0.717, 1.165) is 22.6 Å². The van der Waals surface area contributed by atoms with Gasteiger partial charge in [0.2, 0.25) is 0 Å². The molecule has 182 valence electrons. The van der Waals surface area contributed by atoms with Crippen LogP contribution in [0.25, 0.3) is 0 Å². The molecule has 0 atom stereocenters. The summed E-state index contributed by atoms with van der Waals surface area (Å²) in [6.45, 7) is 28.9. The van der Waals surface area contributed by atoms with Crippen molar-refractivity contribution in [3.05, 3.63) is 35.4 Å². The van der Waals surface area contributed by atoms with Crippen molar-refractivity contribution in [2.75, 3.05) is 0 Å². The Kier molecular flexibility index (Phi) is 9.83. The molecule has 0 fully saturated rings. The van der Waals surface area contributed by atoms with Gasteiger partial charge in [-0.2, -0.15) is 25.3 Å². The van der Waals surface area contributed by atoms with Crippen molar-refractivity contribution in [1.29, 1.82) is 0 Å². The van der Waals surface area contributed by atoms with Crippen molar-refractivity contribution in [1.82, 2.24) is 0 Å². The van der Waals surface area contributed by atoms with Crippen molar-refractivity contribution in [2.24, 2.45) is 0 Å². The van der Waals surface area contributed by atoms with Crippen LogP contribution in [0.15, 0.2) is 24.3 Å². The van der Waals surface area contributed by atoms with E-state index in [2.05, 4.69) is 103 Å². The predicted octanol–water partition coefficient (Wildman–Crippen LogP) is 8.36. The number of benzene rings is 1. The molecule has 0 radical (unpaired) electrons. The fourth-order valence-corrected chi connectivity index (χ4v) is 31.2. The van der Waals surface area contributed by atoms with Gasteiger partial charge in [-0.3, -0.25) is 0 Å². The van der Waals surface area contributed by atoms with Crippen molar-refractivity contribution in [3.8, 4) is 0 Å². The van der Waals surface area contributed by atoms with Gasteiger partial charge in [0, 0.05) is 30.6 Å². The number of thiocarbonyl (C=S) groups is 2. The van der Waals surface area contributed by atoms with E-state index in [1.807, 2.05) is 0 Å². The molecule has 0 saturated heterocycles. The molecule has 0 spiro atoms. The zero-order valence-electron chi connectivity index (χ0n) is 22.4. The highest BCUT2D eigenvalue weighted by atomic mass is 32.1. The van der Waals surface area contributed by atoms with Crippen LogP contribution in [0.3, 0.4) is 0 Å². The number of thiol groups is 2. The maximum Gasteiger partial charge on any atom is 0.0649 e. The summed E-state index contributed by atoms with van der Waals surface area (Å²) in [7, 11) is -6.34. The van der Waals surface area contributed by atoms with E-state index in [-0.39, 0.29) is 7.99 Å². The van der Waals surface area contributed by atoms with Crippen LogP contribution in [0.4, 0.5) is 0 Å². The average molecular weight is 575 g/mol. The van der Waals surface area contributed by atoms with Gasteiger partial charge in [-0.25, -0.2) is 0 Å². The molecule has 32 heavy (non-hydrogen) atoms. The summed E-state index contributed by atoms with van der Waals surface area (Å²) in [5, 5.41) is 0. The zero-order valence-corrected chi connectivity index (χ0v) is 29.9. The topological polar surface area (TPSA) is 0 Å². The van der Waals surface area contributed by atoms with Crippen LogP contribution < -0.4 is 0 Å². The fourth-order valence-electron chi connectivity index (χ4n) is 5.32. The van der Waals surface area contributed by atoms with Crippen molar-refractivity contribution in [2.45, 2.75) is 99.4 Å². The highest BCUT2D eigenvalue weighted by molar-refractivity contribution is 7.92. The second-order valence-electron chi connectivity index (χ2n) is 13.4. The number of hydrogen-bond donors (Lipinski definition) is 2. The summed E-state index contributed by atoms with van der Waals surface area (Å²) in [6.07, 6.45) is 1.66. The minimum atomic E-state index is -1.59. The Morgan fingerprint density at radius 3 is 0.906 bits per heavy atom. The molecule has 0 nitrogen and oxygen atoms in total. The summed E-state index contributed by atoms with van der Waals surface area (Å²) in [4.78, 5) is 2.27. The standard InChI is InChI=1S/C24H46S4Si4/c1-29(2,3)23(27,30(4,5)6)21(25)17-19-13-15-20(16-14-19)18-22(26)24(28,31(7,8)9)32(10,11)12/h13-16,27-28H,17-18H2,1-12H3. The van der Waals surface area contributed by atoms with Gasteiger partial charge in [0.25, 0.3) is 0 Å². The van der Waals surface area contributed by atoms with Gasteiger partial charge in [0.05, 0.1) is 32.3 Å². The van der Waals surface area contributed by atoms with E-state index in [0.29, 0.717) is 0 Å².